The van der Waals surface area contributed by atoms with Gasteiger partial charge in [-0.1, -0.05) is 29.8 Å². The van der Waals surface area contributed by atoms with Crippen LogP contribution < -0.4 is 10.9 Å². The molecule has 1 N–H and O–H groups in total. The smallest absolute Gasteiger partial charge is 0.260 e. The van der Waals surface area contributed by atoms with Gasteiger partial charge in [-0.2, -0.15) is 0 Å². The van der Waals surface area contributed by atoms with Crippen LogP contribution in [-0.2, 0) is 17.3 Å². The van der Waals surface area contributed by atoms with Gasteiger partial charge in [0, 0.05) is 35.8 Å². The zero-order valence-electron chi connectivity index (χ0n) is 19.5. The summed E-state index contributed by atoms with van der Waals surface area (Å²) in [5.74, 6) is -1.98. The van der Waals surface area contributed by atoms with E-state index in [1.54, 1.807) is 0 Å². The number of carbonyl (C=O) groups excluding carboxylic acids is 1. The minimum atomic E-state index is -2.80. The van der Waals surface area contributed by atoms with Gasteiger partial charge in [0.15, 0.2) is 0 Å². The third-order valence-corrected chi connectivity index (χ3v) is 6.30. The lowest BCUT2D eigenvalue weighted by atomic mass is 9.87. The standard InChI is InChI=1S/C22H18Cl2F2N4O2/c1-3-18(31)30-7-6-22(10-30,19-14(25)5-4-13(23)20(19)24)28-17-8-12-16(9-15(17)26)27-11-29(2)21(12)32/h3-5,8-9,11,28H,1,6-7,10H2,2H3/t22-/m0/s1/i2D3. The summed E-state index contributed by atoms with van der Waals surface area (Å²) in [6.45, 7) is 0.724. The SMILES string of the molecule is [2H]C([2H])([2H])n1cnc2cc(F)c(N[C@@]3(c4c(F)ccc(Cl)c4Cl)CCN(C(=O)C=C)C3)cc2c1=O. The van der Waals surface area contributed by atoms with Gasteiger partial charge in [-0.25, -0.2) is 13.8 Å². The molecule has 10 heteroatoms. The summed E-state index contributed by atoms with van der Waals surface area (Å²) in [6, 6.07) is 4.46. The number of aryl methyl sites for hydroxylation is 1. The van der Waals surface area contributed by atoms with E-state index in [1.807, 2.05) is 0 Å². The van der Waals surface area contributed by atoms with E-state index in [1.165, 1.54) is 11.0 Å². The molecule has 166 valence electrons. The van der Waals surface area contributed by atoms with Crippen molar-refractivity contribution in [2.45, 2.75) is 12.0 Å². The maximum atomic E-state index is 15.2. The minimum absolute atomic E-state index is 0.0569. The summed E-state index contributed by atoms with van der Waals surface area (Å²) in [5.41, 5.74) is -2.70. The molecule has 0 unspecified atom stereocenters. The Bertz CT molecular complexity index is 1430. The van der Waals surface area contributed by atoms with Gasteiger partial charge in [0.1, 0.15) is 11.6 Å². The first-order chi connectivity index (χ1) is 16.4. The molecule has 6 nitrogen and oxygen atoms in total. The first kappa shape index (κ1) is 18.6. The number of carbonyl (C=O) groups is 1. The molecule has 0 spiro atoms. The van der Waals surface area contributed by atoms with E-state index >= 15 is 8.78 Å². The van der Waals surface area contributed by atoms with Crippen LogP contribution in [0.4, 0.5) is 14.5 Å². The predicted molar refractivity (Wildman–Crippen MR) is 120 cm³/mol. The van der Waals surface area contributed by atoms with Gasteiger partial charge in [-0.3, -0.25) is 9.59 Å². The molecule has 1 saturated heterocycles. The number of aromatic nitrogens is 2. The van der Waals surface area contributed by atoms with E-state index in [9.17, 15) is 9.59 Å². The maximum Gasteiger partial charge on any atom is 0.260 e. The van der Waals surface area contributed by atoms with E-state index in [0.717, 1.165) is 30.6 Å². The molecule has 32 heavy (non-hydrogen) atoms. The summed E-state index contributed by atoms with van der Waals surface area (Å²) < 4.78 is 53.3. The largest absolute Gasteiger partial charge is 0.371 e. The number of rotatable bonds is 4. The van der Waals surface area contributed by atoms with Crippen LogP contribution >= 0.6 is 23.2 Å². The van der Waals surface area contributed by atoms with Gasteiger partial charge in [-0.15, -0.1) is 0 Å². The number of hydrogen-bond acceptors (Lipinski definition) is 4. The van der Waals surface area contributed by atoms with Gasteiger partial charge in [-0.05, 0) is 30.7 Å². The average Bonchev–Trinajstić information content (AvgIpc) is 3.21. The highest BCUT2D eigenvalue weighted by molar-refractivity contribution is 6.42. The Labute approximate surface area is 196 Å². The first-order valence-electron chi connectivity index (χ1n) is 10.9. The van der Waals surface area contributed by atoms with Crippen LogP contribution in [0, 0.1) is 11.6 Å². The minimum Gasteiger partial charge on any atom is -0.371 e. The second kappa shape index (κ2) is 8.18. The normalized spacial score (nSPS) is 20.0. The van der Waals surface area contributed by atoms with Crippen molar-refractivity contribution in [1.82, 2.24) is 14.5 Å². The molecule has 0 radical (unpaired) electrons. The van der Waals surface area contributed by atoms with Gasteiger partial charge in [0.25, 0.3) is 5.56 Å². The van der Waals surface area contributed by atoms with Crippen molar-refractivity contribution in [1.29, 1.82) is 0 Å². The van der Waals surface area contributed by atoms with Crippen LogP contribution in [0.1, 0.15) is 16.1 Å². The number of halogens is 4. The summed E-state index contributed by atoms with van der Waals surface area (Å²) in [5, 5.41) is 2.71. The Hall–Kier alpha value is -2.97. The first-order valence-corrected chi connectivity index (χ1v) is 10.2. The fourth-order valence-electron chi connectivity index (χ4n) is 3.96. The molecule has 0 saturated carbocycles. The van der Waals surface area contributed by atoms with Crippen molar-refractivity contribution in [3.05, 3.63) is 80.8 Å². The second-order valence-electron chi connectivity index (χ2n) is 7.41. The molecule has 0 aliphatic carbocycles. The summed E-state index contributed by atoms with van der Waals surface area (Å²) in [6.07, 6.45) is 2.04. The molecule has 1 fully saturated rings. The number of likely N-dealkylation sites (tertiary alicyclic amines) is 1. The lowest BCUT2D eigenvalue weighted by Crippen LogP contribution is -2.41. The number of fused-ring (bicyclic) bond motifs is 1. The number of nitrogens with one attached hydrogen (secondary N) is 1. The van der Waals surface area contributed by atoms with Crippen LogP contribution in [0.2, 0.25) is 10.0 Å². The van der Waals surface area contributed by atoms with Crippen LogP contribution in [0.3, 0.4) is 0 Å². The Morgan fingerprint density at radius 2 is 2.12 bits per heavy atom. The summed E-state index contributed by atoms with van der Waals surface area (Å²) in [4.78, 5) is 30.4. The van der Waals surface area contributed by atoms with E-state index in [2.05, 4.69) is 16.9 Å². The number of nitrogens with zero attached hydrogens (tertiary/aromatic N) is 3. The van der Waals surface area contributed by atoms with Crippen LogP contribution in [-0.4, -0.2) is 33.4 Å². The van der Waals surface area contributed by atoms with E-state index in [-0.39, 0.29) is 51.7 Å². The topological polar surface area (TPSA) is 67.2 Å². The molecule has 1 aliphatic rings. The Morgan fingerprint density at radius 3 is 2.84 bits per heavy atom. The number of hydrogen-bond donors (Lipinski definition) is 1. The van der Waals surface area contributed by atoms with Crippen LogP contribution in [0.25, 0.3) is 10.9 Å². The fraction of sp³-hybridized carbons (Fsp3) is 0.227. The Balaban J connectivity index is 1.91. The molecule has 1 atom stereocenters. The molecule has 2 heterocycles. The molecular weight excluding hydrogens is 461 g/mol. The third-order valence-electron chi connectivity index (χ3n) is 5.50. The molecule has 1 amide bonds. The zero-order chi connectivity index (χ0) is 25.7. The second-order valence-corrected chi connectivity index (χ2v) is 8.19. The number of anilines is 1. The van der Waals surface area contributed by atoms with Crippen LogP contribution in [0.15, 0.2) is 48.0 Å². The fourth-order valence-corrected chi connectivity index (χ4v) is 4.45. The highest BCUT2D eigenvalue weighted by atomic mass is 35.5. The van der Waals surface area contributed by atoms with Gasteiger partial charge >= 0.3 is 0 Å². The highest BCUT2D eigenvalue weighted by Crippen LogP contribution is 2.43. The lowest BCUT2D eigenvalue weighted by Gasteiger charge is -2.33. The Morgan fingerprint density at radius 1 is 1.34 bits per heavy atom. The average molecular weight is 482 g/mol. The molecular formula is C22H18Cl2F2N4O2. The van der Waals surface area contributed by atoms with Crippen molar-refractivity contribution in [2.24, 2.45) is 6.98 Å². The van der Waals surface area contributed by atoms with E-state index in [0.29, 0.717) is 4.57 Å². The van der Waals surface area contributed by atoms with Crippen molar-refractivity contribution in [3.63, 3.8) is 0 Å². The molecule has 3 aromatic rings. The zero-order valence-corrected chi connectivity index (χ0v) is 18.0. The van der Waals surface area contributed by atoms with Gasteiger partial charge in [0.05, 0.1) is 38.5 Å². The lowest BCUT2D eigenvalue weighted by molar-refractivity contribution is -0.125. The highest BCUT2D eigenvalue weighted by Gasteiger charge is 2.45. The molecule has 1 aromatic heterocycles. The van der Waals surface area contributed by atoms with Crippen molar-refractivity contribution >= 4 is 45.7 Å². The predicted octanol–water partition coefficient (Wildman–Crippen LogP) is 4.24. The molecule has 4 rings (SSSR count). The summed E-state index contributed by atoms with van der Waals surface area (Å²) >= 11 is 12.5. The molecule has 1 aliphatic heterocycles. The molecule has 2 aromatic carbocycles. The number of benzene rings is 2. The van der Waals surface area contributed by atoms with Gasteiger partial charge < -0.3 is 14.8 Å². The quantitative estimate of drug-likeness (QED) is 0.446. The summed E-state index contributed by atoms with van der Waals surface area (Å²) in [7, 11) is 0. The third kappa shape index (κ3) is 3.63. The molecule has 0 bridgehead atoms. The monoisotopic (exact) mass is 481 g/mol. The van der Waals surface area contributed by atoms with Crippen molar-refractivity contribution in [2.75, 3.05) is 18.4 Å². The van der Waals surface area contributed by atoms with Crippen LogP contribution in [0.5, 0.6) is 0 Å². The maximum absolute atomic E-state index is 15.2. The van der Waals surface area contributed by atoms with E-state index in [4.69, 9.17) is 27.3 Å². The van der Waals surface area contributed by atoms with Crippen molar-refractivity contribution < 1.29 is 17.7 Å². The van der Waals surface area contributed by atoms with Crippen molar-refractivity contribution in [3.8, 4) is 0 Å². The van der Waals surface area contributed by atoms with E-state index < -0.39 is 35.6 Å². The van der Waals surface area contributed by atoms with Gasteiger partial charge in [0.2, 0.25) is 5.91 Å². The number of amides is 1. The Kier molecular flexibility index (Phi) is 4.75.